The SMILES string of the molecule is CN1CC2=Cc3ccccc3C2N1. The van der Waals surface area contributed by atoms with Crippen molar-refractivity contribution >= 4 is 6.08 Å². The highest BCUT2D eigenvalue weighted by Crippen LogP contribution is 2.37. The summed E-state index contributed by atoms with van der Waals surface area (Å²) in [5, 5.41) is 2.15. The summed E-state index contributed by atoms with van der Waals surface area (Å²) in [6.07, 6.45) is 2.30. The Bertz CT molecular complexity index is 381. The van der Waals surface area contributed by atoms with Gasteiger partial charge in [0.15, 0.2) is 0 Å². The largest absolute Gasteiger partial charge is 0.243 e. The zero-order chi connectivity index (χ0) is 8.84. The van der Waals surface area contributed by atoms with E-state index in [4.69, 9.17) is 0 Å². The number of likely N-dealkylation sites (N-methyl/N-ethyl adjacent to an activating group) is 1. The van der Waals surface area contributed by atoms with E-state index in [0.29, 0.717) is 6.04 Å². The van der Waals surface area contributed by atoms with Crippen LogP contribution >= 0.6 is 0 Å². The monoisotopic (exact) mass is 172 g/mol. The Hall–Kier alpha value is -1.12. The van der Waals surface area contributed by atoms with Crippen molar-refractivity contribution in [2.75, 3.05) is 13.6 Å². The van der Waals surface area contributed by atoms with Crippen LogP contribution < -0.4 is 5.43 Å². The zero-order valence-corrected chi connectivity index (χ0v) is 7.62. The quantitative estimate of drug-likeness (QED) is 0.639. The minimum Gasteiger partial charge on any atom is -0.243 e. The van der Waals surface area contributed by atoms with Crippen molar-refractivity contribution in [1.82, 2.24) is 10.4 Å². The van der Waals surface area contributed by atoms with Crippen LogP contribution in [0.2, 0.25) is 0 Å². The minimum atomic E-state index is 0.446. The lowest BCUT2D eigenvalue weighted by atomic mass is 10.1. The minimum absolute atomic E-state index is 0.446. The van der Waals surface area contributed by atoms with Crippen LogP contribution in [0, 0.1) is 0 Å². The lowest BCUT2D eigenvalue weighted by Crippen LogP contribution is -2.27. The molecule has 1 aromatic carbocycles. The molecular formula is C11H12N2. The normalized spacial score (nSPS) is 25.6. The molecule has 13 heavy (non-hydrogen) atoms. The van der Waals surface area contributed by atoms with Gasteiger partial charge in [-0.25, -0.2) is 10.4 Å². The summed E-state index contributed by atoms with van der Waals surface area (Å²) in [6.45, 7) is 1.04. The molecule has 1 unspecified atom stereocenters. The molecule has 2 heteroatoms. The third-order valence-electron chi connectivity index (χ3n) is 2.79. The van der Waals surface area contributed by atoms with Crippen molar-refractivity contribution in [1.29, 1.82) is 0 Å². The summed E-state index contributed by atoms with van der Waals surface area (Å²) in [5.41, 5.74) is 7.72. The topological polar surface area (TPSA) is 15.3 Å². The Morgan fingerprint density at radius 3 is 3.15 bits per heavy atom. The van der Waals surface area contributed by atoms with Crippen LogP contribution in [0.4, 0.5) is 0 Å². The van der Waals surface area contributed by atoms with Crippen LogP contribution in [0.3, 0.4) is 0 Å². The molecule has 0 saturated carbocycles. The fourth-order valence-electron chi connectivity index (χ4n) is 2.22. The van der Waals surface area contributed by atoms with Gasteiger partial charge in [-0.1, -0.05) is 30.3 Å². The van der Waals surface area contributed by atoms with Crippen molar-refractivity contribution in [3.63, 3.8) is 0 Å². The summed E-state index contributed by atoms with van der Waals surface area (Å²) in [5.74, 6) is 0. The Balaban J connectivity index is 2.10. The lowest BCUT2D eigenvalue weighted by Gasteiger charge is -2.12. The van der Waals surface area contributed by atoms with E-state index in [0.717, 1.165) is 6.54 Å². The third-order valence-corrected chi connectivity index (χ3v) is 2.79. The van der Waals surface area contributed by atoms with Gasteiger partial charge in [-0.2, -0.15) is 0 Å². The highest BCUT2D eigenvalue weighted by atomic mass is 15.5. The number of hydrogen-bond donors (Lipinski definition) is 1. The molecule has 1 saturated heterocycles. The fraction of sp³-hybridized carbons (Fsp3) is 0.273. The molecule has 66 valence electrons. The number of hydrazine groups is 1. The maximum atomic E-state index is 3.44. The molecule has 1 aliphatic carbocycles. The van der Waals surface area contributed by atoms with Crippen LogP contribution in [0.5, 0.6) is 0 Å². The maximum Gasteiger partial charge on any atom is 0.0696 e. The number of fused-ring (bicyclic) bond motifs is 3. The van der Waals surface area contributed by atoms with E-state index in [1.54, 1.807) is 0 Å². The molecule has 2 nitrogen and oxygen atoms in total. The molecule has 0 bridgehead atoms. The first-order valence-corrected chi connectivity index (χ1v) is 4.61. The molecule has 0 spiro atoms. The predicted octanol–water partition coefficient (Wildman–Crippen LogP) is 1.57. The molecule has 2 aliphatic rings. The molecule has 0 amide bonds. The average Bonchev–Trinajstić information content (AvgIpc) is 2.60. The standard InChI is InChI=1S/C11H12N2/c1-13-7-9-6-8-4-2-3-5-10(8)11(9)12-13/h2-6,11-12H,7H2,1H3. The van der Waals surface area contributed by atoms with E-state index >= 15 is 0 Å². The molecule has 0 radical (unpaired) electrons. The summed E-state index contributed by atoms with van der Waals surface area (Å²) < 4.78 is 0. The van der Waals surface area contributed by atoms with Gasteiger partial charge in [-0.05, 0) is 16.7 Å². The van der Waals surface area contributed by atoms with Gasteiger partial charge < -0.3 is 0 Å². The maximum absolute atomic E-state index is 3.44. The Kier molecular flexibility index (Phi) is 1.37. The molecule has 1 fully saturated rings. The molecule has 1 heterocycles. The second-order valence-electron chi connectivity index (χ2n) is 3.77. The average molecular weight is 172 g/mol. The number of nitrogens with zero attached hydrogens (tertiary/aromatic N) is 1. The van der Waals surface area contributed by atoms with Gasteiger partial charge >= 0.3 is 0 Å². The zero-order valence-electron chi connectivity index (χ0n) is 7.62. The van der Waals surface area contributed by atoms with Gasteiger partial charge in [-0.15, -0.1) is 0 Å². The summed E-state index contributed by atoms with van der Waals surface area (Å²) in [6, 6.07) is 9.04. The number of nitrogens with one attached hydrogen (secondary N) is 1. The highest BCUT2D eigenvalue weighted by Gasteiger charge is 2.31. The smallest absolute Gasteiger partial charge is 0.0696 e. The van der Waals surface area contributed by atoms with Crippen LogP contribution in [-0.4, -0.2) is 18.6 Å². The lowest BCUT2D eigenvalue weighted by molar-refractivity contribution is 0.292. The van der Waals surface area contributed by atoms with Crippen LogP contribution in [0.15, 0.2) is 29.8 Å². The number of benzene rings is 1. The second kappa shape index (κ2) is 2.44. The molecule has 1 atom stereocenters. The van der Waals surface area contributed by atoms with Crippen molar-refractivity contribution in [2.24, 2.45) is 0 Å². The van der Waals surface area contributed by atoms with Crippen molar-refractivity contribution in [3.8, 4) is 0 Å². The van der Waals surface area contributed by atoms with Gasteiger partial charge in [0.2, 0.25) is 0 Å². The van der Waals surface area contributed by atoms with Crippen LogP contribution in [0.1, 0.15) is 17.2 Å². The first-order chi connectivity index (χ1) is 6.34. The van der Waals surface area contributed by atoms with Gasteiger partial charge in [0, 0.05) is 13.6 Å². The molecular weight excluding hydrogens is 160 g/mol. The van der Waals surface area contributed by atoms with Crippen molar-refractivity contribution in [2.45, 2.75) is 6.04 Å². The Labute approximate surface area is 77.8 Å². The summed E-state index contributed by atoms with van der Waals surface area (Å²) in [7, 11) is 2.09. The molecule has 1 aliphatic heterocycles. The van der Waals surface area contributed by atoms with E-state index in [9.17, 15) is 0 Å². The number of hydrogen-bond acceptors (Lipinski definition) is 2. The van der Waals surface area contributed by atoms with E-state index < -0.39 is 0 Å². The third kappa shape index (κ3) is 0.961. The molecule has 0 aromatic heterocycles. The van der Waals surface area contributed by atoms with Crippen LogP contribution in [-0.2, 0) is 0 Å². The second-order valence-corrected chi connectivity index (χ2v) is 3.77. The van der Waals surface area contributed by atoms with Gasteiger partial charge in [0.1, 0.15) is 0 Å². The molecule has 1 N–H and O–H groups in total. The van der Waals surface area contributed by atoms with Gasteiger partial charge in [0.25, 0.3) is 0 Å². The van der Waals surface area contributed by atoms with Crippen LogP contribution in [0.25, 0.3) is 6.08 Å². The number of rotatable bonds is 0. The Morgan fingerprint density at radius 2 is 2.23 bits per heavy atom. The van der Waals surface area contributed by atoms with Crippen molar-refractivity contribution < 1.29 is 0 Å². The summed E-state index contributed by atoms with van der Waals surface area (Å²) >= 11 is 0. The highest BCUT2D eigenvalue weighted by molar-refractivity contribution is 5.67. The summed E-state index contributed by atoms with van der Waals surface area (Å²) in [4.78, 5) is 0. The predicted molar refractivity (Wildman–Crippen MR) is 52.9 cm³/mol. The van der Waals surface area contributed by atoms with E-state index in [-0.39, 0.29) is 0 Å². The van der Waals surface area contributed by atoms with Gasteiger partial charge in [0.05, 0.1) is 6.04 Å². The molecule has 1 aromatic rings. The van der Waals surface area contributed by atoms with Gasteiger partial charge in [-0.3, -0.25) is 0 Å². The van der Waals surface area contributed by atoms with E-state index in [1.807, 2.05) is 0 Å². The van der Waals surface area contributed by atoms with E-state index in [2.05, 4.69) is 47.8 Å². The first kappa shape index (κ1) is 7.30. The Morgan fingerprint density at radius 1 is 1.38 bits per heavy atom. The fourth-order valence-corrected chi connectivity index (χ4v) is 2.22. The first-order valence-electron chi connectivity index (χ1n) is 4.61. The molecule has 3 rings (SSSR count). The van der Waals surface area contributed by atoms with E-state index in [1.165, 1.54) is 16.7 Å². The van der Waals surface area contributed by atoms with Crippen molar-refractivity contribution in [3.05, 3.63) is 41.0 Å².